The fraction of sp³-hybridized carbons (Fsp3) is 0.281. The molecule has 0 saturated carbocycles. The number of allylic oxidation sites excluding steroid dienone is 3. The molecule has 0 amide bonds. The van der Waals surface area contributed by atoms with Crippen LogP contribution < -0.4 is 10.6 Å². The Labute approximate surface area is 230 Å². The van der Waals surface area contributed by atoms with Crippen LogP contribution in [-0.4, -0.2) is 47.8 Å². The van der Waals surface area contributed by atoms with Crippen LogP contribution in [0, 0.1) is 13.8 Å². The van der Waals surface area contributed by atoms with Crippen molar-refractivity contribution >= 4 is 29.1 Å². The molecule has 5 rings (SSSR count). The van der Waals surface area contributed by atoms with Crippen LogP contribution in [0.1, 0.15) is 42.4 Å². The lowest BCUT2D eigenvalue weighted by Gasteiger charge is -2.29. The van der Waals surface area contributed by atoms with Crippen LogP contribution in [0.5, 0.6) is 0 Å². The van der Waals surface area contributed by atoms with Gasteiger partial charge >= 0.3 is 0 Å². The Bertz CT molecular complexity index is 1540. The van der Waals surface area contributed by atoms with Crippen molar-refractivity contribution < 1.29 is 4.42 Å². The minimum atomic E-state index is 0.0558. The third kappa shape index (κ3) is 6.10. The molecule has 2 aromatic carbocycles. The van der Waals surface area contributed by atoms with Gasteiger partial charge in [-0.2, -0.15) is 0 Å². The molecule has 1 saturated heterocycles. The van der Waals surface area contributed by atoms with Crippen LogP contribution in [0.15, 0.2) is 82.2 Å². The Kier molecular flexibility index (Phi) is 7.89. The number of rotatable bonds is 8. The van der Waals surface area contributed by atoms with Gasteiger partial charge in [-0.15, -0.1) is 0 Å². The molecule has 3 heterocycles. The van der Waals surface area contributed by atoms with Gasteiger partial charge in [0.2, 0.25) is 0 Å². The van der Waals surface area contributed by atoms with Gasteiger partial charge in [0.05, 0.1) is 12.0 Å². The van der Waals surface area contributed by atoms with Gasteiger partial charge in [-0.25, -0.2) is 15.0 Å². The molecule has 1 aliphatic rings. The summed E-state index contributed by atoms with van der Waals surface area (Å²) in [4.78, 5) is 15.9. The van der Waals surface area contributed by atoms with E-state index in [-0.39, 0.29) is 6.04 Å². The highest BCUT2D eigenvalue weighted by atomic mass is 16.3. The summed E-state index contributed by atoms with van der Waals surface area (Å²) in [5, 5.41) is 8.06. The van der Waals surface area contributed by atoms with Crippen molar-refractivity contribution in [3.05, 3.63) is 95.3 Å². The van der Waals surface area contributed by atoms with Crippen molar-refractivity contribution in [1.29, 1.82) is 0 Å². The standard InChI is InChI=1S/C32H36N6O/c1-21(9-12-32(33-5)38-15-13-34-14-16-38)25-7-6-8-26(17-25)23(3)35-31-19-29(36-24(4)37-31)27-10-11-30-28(18-27)22(2)20-39-30/h6-12,17-20,23,34H,5,13-16H2,1-4H3,(H,35,36,37). The number of aromatic nitrogens is 2. The molecule has 7 heteroatoms. The minimum absolute atomic E-state index is 0.0558. The predicted molar refractivity (Wildman–Crippen MR) is 161 cm³/mol. The Morgan fingerprint density at radius 2 is 1.92 bits per heavy atom. The summed E-state index contributed by atoms with van der Waals surface area (Å²) < 4.78 is 5.61. The van der Waals surface area contributed by atoms with Crippen molar-refractivity contribution in [3.63, 3.8) is 0 Å². The molecule has 0 spiro atoms. The molecule has 4 aromatic rings. The molecule has 2 N–H and O–H groups in total. The first kappa shape index (κ1) is 26.4. The van der Waals surface area contributed by atoms with Crippen LogP contribution in [-0.2, 0) is 0 Å². The molecule has 39 heavy (non-hydrogen) atoms. The Morgan fingerprint density at radius 1 is 1.10 bits per heavy atom. The number of aryl methyl sites for hydroxylation is 2. The van der Waals surface area contributed by atoms with Gasteiger partial charge < -0.3 is 20.0 Å². The Balaban J connectivity index is 1.34. The second-order valence-corrected chi connectivity index (χ2v) is 10.1. The van der Waals surface area contributed by atoms with Crippen LogP contribution in [0.3, 0.4) is 0 Å². The zero-order valence-electron chi connectivity index (χ0n) is 23.2. The summed E-state index contributed by atoms with van der Waals surface area (Å²) in [7, 11) is 0. The van der Waals surface area contributed by atoms with E-state index < -0.39 is 0 Å². The number of hydrogen-bond donors (Lipinski definition) is 2. The summed E-state index contributed by atoms with van der Waals surface area (Å²) in [6, 6.07) is 16.9. The normalized spacial score (nSPS) is 15.4. The lowest BCUT2D eigenvalue weighted by atomic mass is 10.0. The number of fused-ring (bicyclic) bond motifs is 1. The number of hydrogen-bond acceptors (Lipinski definition) is 7. The van der Waals surface area contributed by atoms with E-state index >= 15 is 0 Å². The van der Waals surface area contributed by atoms with E-state index in [0.29, 0.717) is 0 Å². The van der Waals surface area contributed by atoms with Crippen molar-refractivity contribution in [2.24, 2.45) is 4.99 Å². The molecule has 1 atom stereocenters. The monoisotopic (exact) mass is 520 g/mol. The summed E-state index contributed by atoms with van der Waals surface area (Å²) in [6.45, 7) is 15.9. The molecular weight excluding hydrogens is 484 g/mol. The van der Waals surface area contributed by atoms with E-state index in [9.17, 15) is 0 Å². The van der Waals surface area contributed by atoms with Crippen molar-refractivity contribution in [1.82, 2.24) is 20.2 Å². The largest absolute Gasteiger partial charge is 0.464 e. The van der Waals surface area contributed by atoms with Crippen molar-refractivity contribution in [2.75, 3.05) is 31.5 Å². The molecule has 2 aromatic heterocycles. The second kappa shape index (κ2) is 11.7. The summed E-state index contributed by atoms with van der Waals surface area (Å²) in [6.07, 6.45) is 5.98. The minimum Gasteiger partial charge on any atom is -0.464 e. The molecule has 1 unspecified atom stereocenters. The predicted octanol–water partition coefficient (Wildman–Crippen LogP) is 6.53. The maximum atomic E-state index is 5.61. The first-order valence-corrected chi connectivity index (χ1v) is 13.4. The topological polar surface area (TPSA) is 78.6 Å². The maximum absolute atomic E-state index is 5.61. The SMILES string of the molecule is C=NC(=CC=C(C)c1cccc(C(C)Nc2cc(-c3ccc4occ(C)c4c3)nc(C)n2)c1)N1CCNCC1. The molecular formula is C32H36N6O. The molecule has 0 radical (unpaired) electrons. The zero-order valence-corrected chi connectivity index (χ0v) is 23.2. The highest BCUT2D eigenvalue weighted by Crippen LogP contribution is 2.29. The van der Waals surface area contributed by atoms with Gasteiger partial charge in [0, 0.05) is 49.2 Å². The molecule has 0 aliphatic carbocycles. The summed E-state index contributed by atoms with van der Waals surface area (Å²) >= 11 is 0. The number of nitrogens with zero attached hydrogens (tertiary/aromatic N) is 4. The van der Waals surface area contributed by atoms with Gasteiger partial charge in [0.25, 0.3) is 0 Å². The average molecular weight is 521 g/mol. The molecule has 0 bridgehead atoms. The van der Waals surface area contributed by atoms with E-state index in [4.69, 9.17) is 9.40 Å². The van der Waals surface area contributed by atoms with Crippen molar-refractivity contribution in [2.45, 2.75) is 33.7 Å². The first-order valence-electron chi connectivity index (χ1n) is 13.4. The Morgan fingerprint density at radius 3 is 2.72 bits per heavy atom. The fourth-order valence-electron chi connectivity index (χ4n) is 4.91. The summed E-state index contributed by atoms with van der Waals surface area (Å²) in [5.41, 5.74) is 7.45. The first-order chi connectivity index (χ1) is 18.9. The van der Waals surface area contributed by atoms with Crippen LogP contribution >= 0.6 is 0 Å². The third-order valence-electron chi connectivity index (χ3n) is 7.19. The number of piperazine rings is 1. The molecule has 200 valence electrons. The van der Waals surface area contributed by atoms with E-state index in [0.717, 1.165) is 71.4 Å². The zero-order chi connectivity index (χ0) is 27.4. The highest BCUT2D eigenvalue weighted by Gasteiger charge is 2.13. The van der Waals surface area contributed by atoms with Crippen LogP contribution in [0.2, 0.25) is 0 Å². The number of furan rings is 1. The lowest BCUT2D eigenvalue weighted by Crippen LogP contribution is -2.42. The second-order valence-electron chi connectivity index (χ2n) is 10.1. The van der Waals surface area contributed by atoms with Crippen LogP contribution in [0.4, 0.5) is 5.82 Å². The third-order valence-corrected chi connectivity index (χ3v) is 7.19. The number of aliphatic imine (C=N–C) groups is 1. The van der Waals surface area contributed by atoms with Crippen LogP contribution in [0.25, 0.3) is 27.8 Å². The quantitative estimate of drug-likeness (QED) is 0.203. The average Bonchev–Trinajstić information content (AvgIpc) is 3.33. The smallest absolute Gasteiger partial charge is 0.134 e. The number of benzene rings is 2. The van der Waals surface area contributed by atoms with Gasteiger partial charge in [-0.05, 0) is 87.0 Å². The van der Waals surface area contributed by atoms with Crippen molar-refractivity contribution in [3.8, 4) is 11.3 Å². The molecule has 7 nitrogen and oxygen atoms in total. The molecule has 1 fully saturated rings. The lowest BCUT2D eigenvalue weighted by molar-refractivity contribution is 0.297. The Hall–Kier alpha value is -4.23. The van der Waals surface area contributed by atoms with E-state index in [1.165, 1.54) is 16.7 Å². The van der Waals surface area contributed by atoms with E-state index in [1.807, 2.05) is 25.1 Å². The van der Waals surface area contributed by atoms with E-state index in [2.05, 4.69) is 95.5 Å². The van der Waals surface area contributed by atoms with Gasteiger partial charge in [-0.1, -0.05) is 24.3 Å². The van der Waals surface area contributed by atoms with E-state index in [1.54, 1.807) is 6.26 Å². The molecule has 1 aliphatic heterocycles. The van der Waals surface area contributed by atoms with Gasteiger partial charge in [-0.3, -0.25) is 0 Å². The van der Waals surface area contributed by atoms with Gasteiger partial charge in [0.15, 0.2) is 0 Å². The number of nitrogens with one attached hydrogen (secondary N) is 2. The summed E-state index contributed by atoms with van der Waals surface area (Å²) in [5.74, 6) is 2.44. The fourth-order valence-corrected chi connectivity index (χ4v) is 4.91. The maximum Gasteiger partial charge on any atom is 0.134 e. The van der Waals surface area contributed by atoms with Gasteiger partial charge in [0.1, 0.15) is 23.0 Å². The highest BCUT2D eigenvalue weighted by molar-refractivity contribution is 5.85. The number of anilines is 1.